The minimum absolute atomic E-state index is 0.0887. The number of fused-ring (bicyclic) bond motifs is 1. The van der Waals surface area contributed by atoms with Gasteiger partial charge in [0.05, 0.1) is 15.7 Å². The van der Waals surface area contributed by atoms with Crippen LogP contribution in [-0.4, -0.2) is 16.0 Å². The van der Waals surface area contributed by atoms with Crippen LogP contribution >= 0.6 is 46.8 Å². The summed E-state index contributed by atoms with van der Waals surface area (Å²) < 4.78 is 5.67. The van der Waals surface area contributed by atoms with E-state index < -0.39 is 5.91 Å². The molecule has 0 saturated carbocycles. The lowest BCUT2D eigenvalue weighted by Crippen LogP contribution is -2.33. The second-order valence-corrected chi connectivity index (χ2v) is 9.29. The molecule has 0 aliphatic rings. The Bertz CT molecular complexity index is 1540. The minimum Gasteiger partial charge on any atom is -0.451 e. The number of rotatable bonds is 4. The molecule has 3 aromatic carbocycles. The highest BCUT2D eigenvalue weighted by atomic mass is 35.5. The molecule has 0 spiro atoms. The molecule has 2 aromatic heterocycles. The van der Waals surface area contributed by atoms with Crippen LogP contribution in [0.1, 0.15) is 10.6 Å². The van der Waals surface area contributed by atoms with Crippen LogP contribution in [0.25, 0.3) is 33.4 Å². The number of aromatic nitrogens is 1. The number of anilines is 1. The van der Waals surface area contributed by atoms with E-state index in [9.17, 15) is 4.79 Å². The van der Waals surface area contributed by atoms with Crippen LogP contribution in [-0.2, 0) is 0 Å². The van der Waals surface area contributed by atoms with Crippen molar-refractivity contribution in [3.05, 3.63) is 94.0 Å². The molecular weight excluding hydrogens is 509 g/mol. The van der Waals surface area contributed by atoms with Crippen LogP contribution < -0.4 is 10.6 Å². The van der Waals surface area contributed by atoms with Crippen LogP contribution in [0.15, 0.2) is 82.6 Å². The van der Waals surface area contributed by atoms with E-state index in [1.54, 1.807) is 30.3 Å². The van der Waals surface area contributed by atoms with Gasteiger partial charge >= 0.3 is 0 Å². The predicted molar refractivity (Wildman–Crippen MR) is 143 cm³/mol. The first-order chi connectivity index (χ1) is 16.5. The van der Waals surface area contributed by atoms with Crippen molar-refractivity contribution >= 4 is 73.7 Å². The number of thiazole rings is 1. The van der Waals surface area contributed by atoms with Crippen molar-refractivity contribution in [2.24, 2.45) is 0 Å². The van der Waals surface area contributed by atoms with Crippen LogP contribution in [0.3, 0.4) is 0 Å². The third-order valence-corrected chi connectivity index (χ3v) is 6.84. The van der Waals surface area contributed by atoms with Gasteiger partial charge in [-0.05, 0) is 47.3 Å². The summed E-state index contributed by atoms with van der Waals surface area (Å²) >= 11 is 19.0. The zero-order chi connectivity index (χ0) is 23.7. The van der Waals surface area contributed by atoms with E-state index in [1.165, 1.54) is 11.3 Å². The molecule has 34 heavy (non-hydrogen) atoms. The van der Waals surface area contributed by atoms with Gasteiger partial charge < -0.3 is 9.73 Å². The van der Waals surface area contributed by atoms with E-state index in [0.29, 0.717) is 26.5 Å². The summed E-state index contributed by atoms with van der Waals surface area (Å²) in [4.78, 5) is 17.2. The SMILES string of the molecule is O=C(NC(=S)Nc1nc(-c2cccc3ccccc23)cs1)c1ccc(-c2cccc(Cl)c2Cl)o1. The molecule has 2 N–H and O–H groups in total. The fraction of sp³-hybridized carbons (Fsp3) is 0. The van der Waals surface area contributed by atoms with E-state index in [-0.39, 0.29) is 10.9 Å². The predicted octanol–water partition coefficient (Wildman–Crippen LogP) is 7.66. The quantitative estimate of drug-likeness (QED) is 0.236. The average Bonchev–Trinajstić information content (AvgIpc) is 3.50. The number of carbonyl (C=O) groups is 1. The van der Waals surface area contributed by atoms with E-state index in [1.807, 2.05) is 29.6 Å². The third kappa shape index (κ3) is 4.56. The molecule has 0 aliphatic heterocycles. The number of nitrogens with one attached hydrogen (secondary N) is 2. The lowest BCUT2D eigenvalue weighted by atomic mass is 10.0. The van der Waals surface area contributed by atoms with Crippen LogP contribution in [0.4, 0.5) is 5.13 Å². The van der Waals surface area contributed by atoms with Gasteiger partial charge in [-0.3, -0.25) is 10.1 Å². The molecule has 0 atom stereocenters. The highest BCUT2D eigenvalue weighted by Gasteiger charge is 2.17. The maximum Gasteiger partial charge on any atom is 0.293 e. The number of halogens is 2. The van der Waals surface area contributed by atoms with E-state index >= 15 is 0 Å². The van der Waals surface area contributed by atoms with Crippen molar-refractivity contribution < 1.29 is 9.21 Å². The molecule has 2 heterocycles. The number of thiocarbonyl (C=S) groups is 1. The van der Waals surface area contributed by atoms with Gasteiger partial charge in [0.25, 0.3) is 5.91 Å². The van der Waals surface area contributed by atoms with Crippen LogP contribution in [0.5, 0.6) is 0 Å². The monoisotopic (exact) mass is 523 g/mol. The molecule has 5 rings (SSSR count). The van der Waals surface area contributed by atoms with Gasteiger partial charge in [-0.1, -0.05) is 71.7 Å². The standard InChI is InChI=1S/C25H15Cl2N3O2S2/c26-18-10-4-9-17(22(18)27)20-11-12-21(32-20)23(31)29-24(33)30-25-28-19(13-34-25)16-8-3-6-14-5-1-2-7-15(14)16/h1-13H,(H2,28,29,30,31,33). The van der Waals surface area contributed by atoms with Crippen molar-refractivity contribution in [1.82, 2.24) is 10.3 Å². The van der Waals surface area contributed by atoms with Crippen molar-refractivity contribution in [2.75, 3.05) is 5.32 Å². The Morgan fingerprint density at radius 2 is 1.71 bits per heavy atom. The molecule has 5 nitrogen and oxygen atoms in total. The summed E-state index contributed by atoms with van der Waals surface area (Å²) in [6, 6.07) is 22.6. The van der Waals surface area contributed by atoms with Gasteiger partial charge in [0.15, 0.2) is 16.0 Å². The zero-order valence-electron chi connectivity index (χ0n) is 17.3. The van der Waals surface area contributed by atoms with Crippen LogP contribution in [0.2, 0.25) is 10.0 Å². The minimum atomic E-state index is -0.493. The molecule has 168 valence electrons. The summed E-state index contributed by atoms with van der Waals surface area (Å²) in [5.74, 6) is 0.0229. The number of furan rings is 1. The summed E-state index contributed by atoms with van der Waals surface area (Å²) in [5, 5.41) is 11.2. The Morgan fingerprint density at radius 1 is 0.941 bits per heavy atom. The second kappa shape index (κ2) is 9.56. The van der Waals surface area contributed by atoms with E-state index in [4.69, 9.17) is 39.8 Å². The highest BCUT2D eigenvalue weighted by molar-refractivity contribution is 7.80. The second-order valence-electron chi connectivity index (χ2n) is 7.24. The molecular formula is C25H15Cl2N3O2S2. The van der Waals surface area contributed by atoms with Crippen molar-refractivity contribution in [2.45, 2.75) is 0 Å². The van der Waals surface area contributed by atoms with Crippen molar-refractivity contribution in [3.8, 4) is 22.6 Å². The fourth-order valence-electron chi connectivity index (χ4n) is 3.50. The third-order valence-electron chi connectivity index (χ3n) is 5.06. The Morgan fingerprint density at radius 3 is 2.59 bits per heavy atom. The zero-order valence-corrected chi connectivity index (χ0v) is 20.5. The molecule has 0 bridgehead atoms. The van der Waals surface area contributed by atoms with Gasteiger partial charge in [-0.2, -0.15) is 0 Å². The Kier molecular flexibility index (Phi) is 6.34. The number of amides is 1. The van der Waals surface area contributed by atoms with Gasteiger partial charge in [0.1, 0.15) is 5.76 Å². The lowest BCUT2D eigenvalue weighted by molar-refractivity contribution is 0.0951. The summed E-state index contributed by atoms with van der Waals surface area (Å²) in [6.07, 6.45) is 0. The van der Waals surface area contributed by atoms with Crippen molar-refractivity contribution in [1.29, 1.82) is 0 Å². The fourth-order valence-corrected chi connectivity index (χ4v) is 4.86. The van der Waals surface area contributed by atoms with E-state index in [2.05, 4.69) is 33.8 Å². The Balaban J connectivity index is 1.27. The van der Waals surface area contributed by atoms with Gasteiger partial charge in [-0.25, -0.2) is 4.98 Å². The largest absolute Gasteiger partial charge is 0.451 e. The maximum absolute atomic E-state index is 12.6. The molecule has 0 aliphatic carbocycles. The topological polar surface area (TPSA) is 67.2 Å². The molecule has 9 heteroatoms. The molecule has 0 radical (unpaired) electrons. The van der Waals surface area contributed by atoms with Gasteiger partial charge in [0.2, 0.25) is 0 Å². The van der Waals surface area contributed by atoms with Gasteiger partial charge in [-0.15, -0.1) is 11.3 Å². The van der Waals surface area contributed by atoms with Crippen molar-refractivity contribution in [3.63, 3.8) is 0 Å². The number of hydrogen-bond donors (Lipinski definition) is 2. The molecule has 0 saturated heterocycles. The van der Waals surface area contributed by atoms with Gasteiger partial charge in [0, 0.05) is 16.5 Å². The number of hydrogen-bond acceptors (Lipinski definition) is 5. The first kappa shape index (κ1) is 22.6. The number of nitrogens with zero attached hydrogens (tertiary/aromatic N) is 1. The molecule has 0 unspecified atom stereocenters. The Hall–Kier alpha value is -3.23. The summed E-state index contributed by atoms with van der Waals surface area (Å²) in [7, 11) is 0. The first-order valence-electron chi connectivity index (χ1n) is 10.1. The number of carbonyl (C=O) groups excluding carboxylic acids is 1. The highest BCUT2D eigenvalue weighted by Crippen LogP contribution is 2.34. The molecule has 0 fully saturated rings. The summed E-state index contributed by atoms with van der Waals surface area (Å²) in [6.45, 7) is 0. The smallest absolute Gasteiger partial charge is 0.293 e. The maximum atomic E-state index is 12.6. The molecule has 5 aromatic rings. The molecule has 1 amide bonds. The lowest BCUT2D eigenvalue weighted by Gasteiger charge is -2.06. The van der Waals surface area contributed by atoms with E-state index in [0.717, 1.165) is 22.0 Å². The number of benzene rings is 3. The first-order valence-corrected chi connectivity index (χ1v) is 12.1. The average molecular weight is 524 g/mol. The van der Waals surface area contributed by atoms with Crippen LogP contribution in [0, 0.1) is 0 Å². The summed E-state index contributed by atoms with van der Waals surface area (Å²) in [5.41, 5.74) is 2.45. The Labute approximate surface area is 214 Å². The normalized spacial score (nSPS) is 10.9.